The van der Waals surface area contributed by atoms with Crippen molar-refractivity contribution in [2.75, 3.05) is 0 Å². The van der Waals surface area contributed by atoms with Crippen molar-refractivity contribution in [3.63, 3.8) is 0 Å². The van der Waals surface area contributed by atoms with Gasteiger partial charge < -0.3 is 5.11 Å². The Morgan fingerprint density at radius 1 is 0.733 bits per heavy atom. The van der Waals surface area contributed by atoms with Gasteiger partial charge in [-0.25, -0.2) is 4.98 Å². The Morgan fingerprint density at radius 2 is 1.47 bits per heavy atom. The number of imidazole rings is 2. The number of aromatic nitrogens is 3. The second-order valence-corrected chi connectivity index (χ2v) is 8.07. The molecule has 0 unspecified atom stereocenters. The van der Waals surface area contributed by atoms with E-state index in [1.165, 1.54) is 0 Å². The van der Waals surface area contributed by atoms with E-state index in [9.17, 15) is 5.11 Å². The molecule has 1 N–H and O–H groups in total. The maximum atomic E-state index is 11.3. The van der Waals surface area contributed by atoms with Crippen LogP contribution in [0.3, 0.4) is 0 Å². The first-order chi connectivity index (χ1) is 14.7. The summed E-state index contributed by atoms with van der Waals surface area (Å²) in [6.07, 6.45) is 0. The van der Waals surface area contributed by atoms with Crippen LogP contribution in [0.5, 0.6) is 5.75 Å². The van der Waals surface area contributed by atoms with E-state index in [1.807, 2.05) is 83.4 Å². The third kappa shape index (κ3) is 2.36. The second-order valence-electron chi connectivity index (χ2n) is 7.22. The number of hydrogen-bond donors (Lipinski definition) is 1. The number of halogens is 1. The number of hydrogen-bond acceptors (Lipinski definition) is 2. The van der Waals surface area contributed by atoms with Crippen LogP contribution in [0.4, 0.5) is 0 Å². The molecule has 144 valence electrons. The van der Waals surface area contributed by atoms with Crippen LogP contribution in [0.2, 0.25) is 0 Å². The summed E-state index contributed by atoms with van der Waals surface area (Å²) in [5.74, 6) is 0.994. The van der Waals surface area contributed by atoms with Crippen LogP contribution < -0.4 is 0 Å². The first-order valence-electron chi connectivity index (χ1n) is 9.68. The van der Waals surface area contributed by atoms with Crippen molar-refractivity contribution in [2.45, 2.75) is 0 Å². The van der Waals surface area contributed by atoms with Crippen molar-refractivity contribution in [3.8, 4) is 22.6 Å². The number of nitrogens with zero attached hydrogens (tertiary/aromatic N) is 3. The monoisotopic (exact) mass is 453 g/mol. The molecule has 2 heterocycles. The molecule has 0 bridgehead atoms. The molecule has 0 aliphatic carbocycles. The fourth-order valence-electron chi connectivity index (χ4n) is 4.20. The molecule has 0 amide bonds. The molecule has 6 aromatic rings. The lowest BCUT2D eigenvalue weighted by atomic mass is 10.0. The number of fused-ring (bicyclic) bond motifs is 5. The van der Waals surface area contributed by atoms with Crippen molar-refractivity contribution in [2.24, 2.45) is 0 Å². The smallest absolute Gasteiger partial charge is 0.220 e. The number of para-hydroxylation sites is 4. The van der Waals surface area contributed by atoms with E-state index in [0.717, 1.165) is 43.4 Å². The minimum atomic E-state index is 0.232. The van der Waals surface area contributed by atoms with E-state index >= 15 is 0 Å². The fourth-order valence-corrected chi connectivity index (χ4v) is 4.73. The summed E-state index contributed by atoms with van der Waals surface area (Å²) in [5.41, 5.74) is 6.39. The summed E-state index contributed by atoms with van der Waals surface area (Å²) >= 11 is 3.72. The Hall–Kier alpha value is -3.57. The van der Waals surface area contributed by atoms with Gasteiger partial charge in [-0.1, -0.05) is 60.7 Å². The maximum absolute atomic E-state index is 11.3. The van der Waals surface area contributed by atoms with Gasteiger partial charge in [0.15, 0.2) is 0 Å². The summed E-state index contributed by atoms with van der Waals surface area (Å²) in [6.45, 7) is 0. The Kier molecular flexibility index (Phi) is 3.73. The van der Waals surface area contributed by atoms with Gasteiger partial charge in [-0.15, -0.1) is 0 Å². The van der Waals surface area contributed by atoms with Gasteiger partial charge in [0.25, 0.3) is 0 Å². The summed E-state index contributed by atoms with van der Waals surface area (Å²) in [6, 6.07) is 29.9. The van der Waals surface area contributed by atoms with Gasteiger partial charge in [0, 0.05) is 10.0 Å². The van der Waals surface area contributed by atoms with Crippen molar-refractivity contribution in [3.05, 3.63) is 95.5 Å². The highest BCUT2D eigenvalue weighted by Crippen LogP contribution is 2.39. The average molecular weight is 454 g/mol. The van der Waals surface area contributed by atoms with E-state index in [0.29, 0.717) is 5.69 Å². The van der Waals surface area contributed by atoms with Gasteiger partial charge in [0.05, 0.1) is 27.8 Å². The second kappa shape index (κ2) is 6.47. The molecular weight excluding hydrogens is 438 g/mol. The number of phenolic OH excluding ortho intramolecular Hbond substituents is 1. The lowest BCUT2D eigenvalue weighted by molar-refractivity contribution is 0.475. The Bertz CT molecular complexity index is 1560. The number of rotatable bonds is 2. The van der Waals surface area contributed by atoms with Crippen molar-refractivity contribution in [1.82, 2.24) is 14.0 Å². The first kappa shape index (κ1) is 17.3. The molecule has 0 saturated carbocycles. The fraction of sp³-hybridized carbons (Fsp3) is 0. The highest BCUT2D eigenvalue weighted by atomic mass is 79.9. The lowest BCUT2D eigenvalue weighted by Crippen LogP contribution is -1.96. The molecule has 0 aliphatic heterocycles. The van der Waals surface area contributed by atoms with Crippen LogP contribution in [0, 0.1) is 0 Å². The minimum absolute atomic E-state index is 0.232. The molecule has 0 fully saturated rings. The number of benzene rings is 4. The van der Waals surface area contributed by atoms with E-state index in [2.05, 4.69) is 32.5 Å². The SMILES string of the molecule is Oc1c(-c2ccccc2)cccc1-n1c2cccc(Br)c2n2c3ccccc3nc12. The lowest BCUT2D eigenvalue weighted by Gasteiger charge is -2.12. The van der Waals surface area contributed by atoms with E-state index < -0.39 is 0 Å². The summed E-state index contributed by atoms with van der Waals surface area (Å²) in [5, 5.41) is 11.3. The van der Waals surface area contributed by atoms with Crippen LogP contribution >= 0.6 is 15.9 Å². The third-order valence-corrected chi connectivity index (χ3v) is 6.15. The van der Waals surface area contributed by atoms with Gasteiger partial charge >= 0.3 is 0 Å². The normalized spacial score (nSPS) is 11.6. The summed E-state index contributed by atoms with van der Waals surface area (Å²) in [7, 11) is 0. The largest absolute Gasteiger partial charge is 0.505 e. The first-order valence-corrected chi connectivity index (χ1v) is 10.5. The minimum Gasteiger partial charge on any atom is -0.505 e. The van der Waals surface area contributed by atoms with Crippen LogP contribution in [0.1, 0.15) is 0 Å². The van der Waals surface area contributed by atoms with Gasteiger partial charge in [-0.2, -0.15) is 0 Å². The zero-order valence-electron chi connectivity index (χ0n) is 15.8. The Morgan fingerprint density at radius 3 is 2.33 bits per heavy atom. The molecule has 2 aromatic heterocycles. The summed E-state index contributed by atoms with van der Waals surface area (Å²) < 4.78 is 5.15. The zero-order chi connectivity index (χ0) is 20.2. The molecule has 0 atom stereocenters. The topological polar surface area (TPSA) is 42.5 Å². The predicted octanol–water partition coefficient (Wildman–Crippen LogP) is 6.57. The molecule has 4 aromatic carbocycles. The van der Waals surface area contributed by atoms with E-state index in [-0.39, 0.29) is 5.75 Å². The molecular formula is C25H16BrN3O. The molecule has 4 nitrogen and oxygen atoms in total. The quantitative estimate of drug-likeness (QED) is 0.322. The van der Waals surface area contributed by atoms with Crippen LogP contribution in [-0.2, 0) is 0 Å². The molecule has 0 spiro atoms. The van der Waals surface area contributed by atoms with Crippen molar-refractivity contribution in [1.29, 1.82) is 0 Å². The van der Waals surface area contributed by atoms with Crippen molar-refractivity contribution < 1.29 is 5.11 Å². The number of aromatic hydroxyl groups is 1. The molecule has 30 heavy (non-hydrogen) atoms. The van der Waals surface area contributed by atoms with Gasteiger partial charge in [-0.05, 0) is 51.8 Å². The van der Waals surface area contributed by atoms with Crippen LogP contribution in [0.15, 0.2) is 95.5 Å². The zero-order valence-corrected chi connectivity index (χ0v) is 17.4. The molecule has 0 aliphatic rings. The Balaban J connectivity index is 1.77. The number of phenols is 1. The molecule has 0 saturated heterocycles. The van der Waals surface area contributed by atoms with Gasteiger partial charge in [0.1, 0.15) is 5.75 Å². The standard InChI is InChI=1S/C25H16BrN3O/c26-18-11-7-14-21-23(18)29-20-13-5-4-12-19(20)27-25(29)28(21)22-15-6-10-17(24(22)30)16-8-2-1-3-9-16/h1-15,30H. The highest BCUT2D eigenvalue weighted by molar-refractivity contribution is 9.10. The highest BCUT2D eigenvalue weighted by Gasteiger charge is 2.21. The molecule has 6 rings (SSSR count). The van der Waals surface area contributed by atoms with Gasteiger partial charge in [0.2, 0.25) is 5.78 Å². The van der Waals surface area contributed by atoms with Crippen molar-refractivity contribution >= 4 is 43.8 Å². The maximum Gasteiger partial charge on any atom is 0.220 e. The average Bonchev–Trinajstić information content (AvgIpc) is 3.30. The molecule has 5 heteroatoms. The van der Waals surface area contributed by atoms with E-state index in [4.69, 9.17) is 4.98 Å². The van der Waals surface area contributed by atoms with E-state index in [1.54, 1.807) is 0 Å². The predicted molar refractivity (Wildman–Crippen MR) is 124 cm³/mol. The van der Waals surface area contributed by atoms with Gasteiger partial charge in [-0.3, -0.25) is 8.97 Å². The molecule has 0 radical (unpaired) electrons. The van der Waals surface area contributed by atoms with Crippen LogP contribution in [0.25, 0.3) is 44.7 Å². The third-order valence-electron chi connectivity index (χ3n) is 5.51. The summed E-state index contributed by atoms with van der Waals surface area (Å²) in [4.78, 5) is 4.91. The van der Waals surface area contributed by atoms with Crippen LogP contribution in [-0.4, -0.2) is 19.1 Å². The Labute approximate surface area is 180 Å².